The molecule has 0 heterocycles. The van der Waals surface area contributed by atoms with Gasteiger partial charge in [-0.05, 0) is 46.6 Å². The van der Waals surface area contributed by atoms with Crippen molar-refractivity contribution in [1.82, 2.24) is 0 Å². The van der Waals surface area contributed by atoms with Crippen molar-refractivity contribution in [2.24, 2.45) is 0 Å². The number of rotatable bonds is 3. The molecule has 0 unspecified atom stereocenters. The van der Waals surface area contributed by atoms with E-state index in [0.717, 1.165) is 0 Å². The van der Waals surface area contributed by atoms with Gasteiger partial charge in [0.05, 0.1) is 16.6 Å². The molecule has 0 aliphatic heterocycles. The van der Waals surface area contributed by atoms with Crippen LogP contribution < -0.4 is 4.74 Å². The second kappa shape index (κ2) is 5.01. The van der Waals surface area contributed by atoms with E-state index in [1.54, 1.807) is 6.07 Å². The molecule has 0 aromatic heterocycles. The molecule has 0 fully saturated rings. The molecule has 2 nitrogen and oxygen atoms in total. The molecule has 76 valence electrons. The summed E-state index contributed by atoms with van der Waals surface area (Å²) in [6.45, 7) is 2.28. The molecule has 1 rings (SSSR count). The van der Waals surface area contributed by atoms with E-state index in [2.05, 4.69) is 15.9 Å². The van der Waals surface area contributed by atoms with E-state index >= 15 is 0 Å². The Bertz CT molecular complexity index is 366. The van der Waals surface area contributed by atoms with E-state index in [-0.39, 0.29) is 5.56 Å². The van der Waals surface area contributed by atoms with Crippen molar-refractivity contribution < 1.29 is 9.53 Å². The summed E-state index contributed by atoms with van der Waals surface area (Å²) in [6.07, 6.45) is 0. The molecule has 14 heavy (non-hydrogen) atoms. The lowest BCUT2D eigenvalue weighted by Crippen LogP contribution is -2.00. The van der Waals surface area contributed by atoms with Gasteiger partial charge in [-0.1, -0.05) is 11.6 Å². The van der Waals surface area contributed by atoms with Crippen LogP contribution >= 0.6 is 39.1 Å². The Morgan fingerprint density at radius 2 is 2.21 bits per heavy atom. The summed E-state index contributed by atoms with van der Waals surface area (Å²) in [5.41, 5.74) is 0.271. The van der Waals surface area contributed by atoms with Gasteiger partial charge in [0, 0.05) is 5.02 Å². The van der Waals surface area contributed by atoms with Gasteiger partial charge in [-0.2, -0.15) is 0 Å². The molecule has 0 aliphatic carbocycles. The largest absolute Gasteiger partial charge is 0.492 e. The maximum Gasteiger partial charge on any atom is 0.256 e. The smallest absolute Gasteiger partial charge is 0.256 e. The van der Waals surface area contributed by atoms with Crippen molar-refractivity contribution in [3.8, 4) is 5.75 Å². The van der Waals surface area contributed by atoms with Gasteiger partial charge in [0.15, 0.2) is 0 Å². The van der Waals surface area contributed by atoms with E-state index in [0.29, 0.717) is 21.9 Å². The second-order valence-corrected chi connectivity index (χ2v) is 4.11. The van der Waals surface area contributed by atoms with Gasteiger partial charge >= 0.3 is 0 Å². The van der Waals surface area contributed by atoms with Crippen LogP contribution in [0.4, 0.5) is 0 Å². The second-order valence-electron chi connectivity index (χ2n) is 2.47. The van der Waals surface area contributed by atoms with Crippen LogP contribution in [0.2, 0.25) is 5.02 Å². The van der Waals surface area contributed by atoms with Crippen molar-refractivity contribution >= 4 is 44.4 Å². The Hall–Kier alpha value is -0.250. The highest BCUT2D eigenvalue weighted by Gasteiger charge is 2.14. The molecule has 0 atom stereocenters. The first-order valence-corrected chi connectivity index (χ1v) is 5.42. The molecule has 1 aromatic rings. The van der Waals surface area contributed by atoms with E-state index < -0.39 is 5.24 Å². The van der Waals surface area contributed by atoms with Crippen LogP contribution in [-0.4, -0.2) is 11.8 Å². The summed E-state index contributed by atoms with van der Waals surface area (Å²) in [7, 11) is 0. The Morgan fingerprint density at radius 1 is 1.57 bits per heavy atom. The molecule has 0 amide bonds. The minimum atomic E-state index is -0.586. The van der Waals surface area contributed by atoms with Crippen LogP contribution in [0.15, 0.2) is 16.6 Å². The summed E-state index contributed by atoms with van der Waals surface area (Å²) in [5.74, 6) is 0.428. The Balaban J connectivity index is 3.28. The molecule has 0 N–H and O–H groups in total. The standard InChI is InChI=1S/C9H7BrCl2O2/c1-2-14-8-6(9(12)13)3-5(11)4-7(8)10/h3-4H,2H2,1H3. The van der Waals surface area contributed by atoms with Gasteiger partial charge < -0.3 is 4.74 Å². The van der Waals surface area contributed by atoms with Crippen LogP contribution in [0.3, 0.4) is 0 Å². The lowest BCUT2D eigenvalue weighted by Gasteiger charge is -2.09. The van der Waals surface area contributed by atoms with Crippen LogP contribution in [0.5, 0.6) is 5.75 Å². The number of halogens is 3. The zero-order valence-corrected chi connectivity index (χ0v) is 10.4. The van der Waals surface area contributed by atoms with Crippen LogP contribution in [0.1, 0.15) is 17.3 Å². The highest BCUT2D eigenvalue weighted by Crippen LogP contribution is 2.33. The Kier molecular flexibility index (Phi) is 4.23. The zero-order valence-electron chi connectivity index (χ0n) is 7.31. The predicted octanol–water partition coefficient (Wildman–Crippen LogP) is 3.88. The molecule has 0 bridgehead atoms. The number of benzene rings is 1. The van der Waals surface area contributed by atoms with Gasteiger partial charge in [-0.25, -0.2) is 0 Å². The van der Waals surface area contributed by atoms with Crippen molar-refractivity contribution in [1.29, 1.82) is 0 Å². The minimum absolute atomic E-state index is 0.271. The summed E-state index contributed by atoms with van der Waals surface area (Å²) < 4.78 is 5.89. The van der Waals surface area contributed by atoms with E-state index in [9.17, 15) is 4.79 Å². The fourth-order valence-corrected chi connectivity index (χ4v) is 2.06. The van der Waals surface area contributed by atoms with Crippen molar-refractivity contribution in [2.45, 2.75) is 6.92 Å². The maximum absolute atomic E-state index is 11.1. The zero-order chi connectivity index (χ0) is 10.7. The lowest BCUT2D eigenvalue weighted by atomic mass is 10.2. The number of carbonyl (C=O) groups excluding carboxylic acids is 1. The van der Waals surface area contributed by atoms with Gasteiger partial charge in [-0.15, -0.1) is 0 Å². The summed E-state index contributed by atoms with van der Waals surface area (Å²) in [4.78, 5) is 11.1. The normalized spacial score (nSPS) is 10.0. The summed E-state index contributed by atoms with van der Waals surface area (Å²) in [6, 6.07) is 3.13. The molecule has 5 heteroatoms. The predicted molar refractivity (Wildman–Crippen MR) is 60.5 cm³/mol. The third-order valence-corrected chi connectivity index (χ3v) is 2.52. The van der Waals surface area contributed by atoms with Crippen LogP contribution in [0.25, 0.3) is 0 Å². The highest BCUT2D eigenvalue weighted by atomic mass is 79.9. The molecule has 1 aromatic carbocycles. The first kappa shape index (κ1) is 11.8. The summed E-state index contributed by atoms with van der Waals surface area (Å²) in [5, 5.41) is -0.152. The quantitative estimate of drug-likeness (QED) is 0.792. The SMILES string of the molecule is CCOc1c(Br)cc(Cl)cc1C(=O)Cl. The summed E-state index contributed by atoms with van der Waals surface area (Å²) >= 11 is 14.4. The topological polar surface area (TPSA) is 26.3 Å². The fourth-order valence-electron chi connectivity index (χ4n) is 0.997. The third kappa shape index (κ3) is 2.62. The first-order chi connectivity index (χ1) is 6.56. The number of carbonyl (C=O) groups is 1. The number of hydrogen-bond donors (Lipinski definition) is 0. The molecular formula is C9H7BrCl2O2. The highest BCUT2D eigenvalue weighted by molar-refractivity contribution is 9.10. The molecule has 0 aliphatic rings. The minimum Gasteiger partial charge on any atom is -0.492 e. The molecule has 0 saturated carbocycles. The van der Waals surface area contributed by atoms with Crippen molar-refractivity contribution in [3.05, 3.63) is 27.2 Å². The maximum atomic E-state index is 11.1. The Labute approximate surface area is 100 Å². The van der Waals surface area contributed by atoms with Gasteiger partial charge in [0.1, 0.15) is 5.75 Å². The van der Waals surface area contributed by atoms with Crippen LogP contribution in [-0.2, 0) is 0 Å². The van der Waals surface area contributed by atoms with Crippen LogP contribution in [0, 0.1) is 0 Å². The van der Waals surface area contributed by atoms with Crippen molar-refractivity contribution in [3.63, 3.8) is 0 Å². The van der Waals surface area contributed by atoms with Crippen molar-refractivity contribution in [2.75, 3.05) is 6.61 Å². The monoisotopic (exact) mass is 296 g/mol. The molecule has 0 radical (unpaired) electrons. The van der Waals surface area contributed by atoms with Gasteiger partial charge in [-0.3, -0.25) is 4.79 Å². The first-order valence-electron chi connectivity index (χ1n) is 3.88. The lowest BCUT2D eigenvalue weighted by molar-refractivity contribution is 0.107. The average Bonchev–Trinajstić information content (AvgIpc) is 2.09. The third-order valence-electron chi connectivity index (χ3n) is 1.51. The Morgan fingerprint density at radius 3 is 2.71 bits per heavy atom. The number of ether oxygens (including phenoxy) is 1. The fraction of sp³-hybridized carbons (Fsp3) is 0.222. The van der Waals surface area contributed by atoms with Gasteiger partial charge in [0.2, 0.25) is 0 Å². The van der Waals surface area contributed by atoms with Gasteiger partial charge in [0.25, 0.3) is 5.24 Å². The van der Waals surface area contributed by atoms with E-state index in [1.807, 2.05) is 6.92 Å². The molecule has 0 saturated heterocycles. The van der Waals surface area contributed by atoms with E-state index in [1.165, 1.54) is 6.07 Å². The van der Waals surface area contributed by atoms with E-state index in [4.69, 9.17) is 27.9 Å². The average molecular weight is 298 g/mol. The number of hydrogen-bond acceptors (Lipinski definition) is 2. The molecule has 0 spiro atoms. The molecular weight excluding hydrogens is 291 g/mol.